The molecule has 1 aliphatic heterocycles. The van der Waals surface area contributed by atoms with E-state index in [4.69, 9.17) is 0 Å². The molecule has 3 N–H and O–H groups in total. The molecule has 0 radical (unpaired) electrons. The smallest absolute Gasteiger partial charge is 0.267 e. The van der Waals surface area contributed by atoms with Gasteiger partial charge in [0.15, 0.2) is 0 Å². The van der Waals surface area contributed by atoms with E-state index in [1.54, 1.807) is 36.4 Å². The summed E-state index contributed by atoms with van der Waals surface area (Å²) in [5.74, 6) is -0.140. The number of carbonyl (C=O) groups is 1. The largest absolute Gasteiger partial charge is 0.354 e. The van der Waals surface area contributed by atoms with Crippen LogP contribution >= 0.6 is 0 Å². The minimum atomic E-state index is -3.59. The van der Waals surface area contributed by atoms with Gasteiger partial charge in [-0.05, 0) is 72.7 Å². The molecule has 220 valence electrons. The van der Waals surface area contributed by atoms with Crippen molar-refractivity contribution in [1.82, 2.24) is 15.6 Å². The van der Waals surface area contributed by atoms with Crippen molar-refractivity contribution in [2.75, 3.05) is 0 Å². The molecule has 6 nitrogen and oxygen atoms in total. The molecule has 1 aromatic heterocycles. The summed E-state index contributed by atoms with van der Waals surface area (Å²) in [6, 6.07) is 16.0. The van der Waals surface area contributed by atoms with Crippen LogP contribution in [-0.4, -0.2) is 24.8 Å². The summed E-state index contributed by atoms with van der Waals surface area (Å²) >= 11 is 0. The van der Waals surface area contributed by atoms with Crippen LogP contribution in [0.4, 0.5) is 0 Å². The maximum absolute atomic E-state index is 13.1. The molecule has 2 aromatic carbocycles. The number of aromatic nitrogens is 1. The van der Waals surface area contributed by atoms with Crippen LogP contribution in [0, 0.1) is 0 Å². The Labute approximate surface area is 245 Å². The second kappa shape index (κ2) is 13.4. The Hall–Kier alpha value is -2.90. The maximum atomic E-state index is 13.1. The Morgan fingerprint density at radius 1 is 0.854 bits per heavy atom. The van der Waals surface area contributed by atoms with Gasteiger partial charge >= 0.3 is 0 Å². The third-order valence-electron chi connectivity index (χ3n) is 8.96. The Bertz CT molecular complexity index is 1400. The molecule has 5 rings (SSSR count). The number of carbonyl (C=O) groups excluding carboxylic acids is 1. The first kappa shape index (κ1) is 29.6. The highest BCUT2D eigenvalue weighted by molar-refractivity contribution is 7.91. The standard InChI is InChI=1S/C34H45N3O3S/c1-2-3-11-26-12-16-29(17-13-26)41(39,40)30-18-14-27(15-19-30)24-35-33(38)31-22-28-25-36-34(23-32(28)37-31)20-9-7-5-4-6-8-10-21-34/h12-19,22,36-37H,2-11,20-21,23-25H2,1H3,(H,35,38). The third-order valence-corrected chi connectivity index (χ3v) is 10.7. The number of hydrogen-bond acceptors (Lipinski definition) is 4. The summed E-state index contributed by atoms with van der Waals surface area (Å²) in [6.07, 6.45) is 15.7. The van der Waals surface area contributed by atoms with Crippen molar-refractivity contribution in [3.63, 3.8) is 0 Å². The Morgan fingerprint density at radius 3 is 2.05 bits per heavy atom. The quantitative estimate of drug-likeness (QED) is 0.269. The van der Waals surface area contributed by atoms with Crippen LogP contribution in [0.15, 0.2) is 64.4 Å². The summed E-state index contributed by atoms with van der Waals surface area (Å²) in [5, 5.41) is 6.86. The van der Waals surface area contributed by atoms with E-state index in [2.05, 4.69) is 22.5 Å². The van der Waals surface area contributed by atoms with E-state index < -0.39 is 9.84 Å². The lowest BCUT2D eigenvalue weighted by Gasteiger charge is -2.39. The number of unbranched alkanes of at least 4 members (excludes halogenated alkanes) is 1. The second-order valence-corrected chi connectivity index (χ2v) is 14.0. The molecule has 2 heterocycles. The van der Waals surface area contributed by atoms with Crippen molar-refractivity contribution in [2.24, 2.45) is 0 Å². The molecule has 1 spiro atoms. The van der Waals surface area contributed by atoms with Gasteiger partial charge in [0.25, 0.3) is 5.91 Å². The SMILES string of the molecule is CCCCc1ccc(S(=O)(=O)c2ccc(CNC(=O)c3cc4c([nH]3)CC3(CCCCCCCCC3)NC4)cc2)cc1. The predicted molar refractivity (Wildman–Crippen MR) is 164 cm³/mol. The first-order valence-corrected chi connectivity index (χ1v) is 17.0. The normalized spacial score (nSPS) is 17.6. The fourth-order valence-corrected chi connectivity index (χ4v) is 7.63. The number of benzene rings is 2. The summed E-state index contributed by atoms with van der Waals surface area (Å²) in [6.45, 7) is 3.28. The van der Waals surface area contributed by atoms with E-state index in [0.717, 1.165) is 43.4 Å². The van der Waals surface area contributed by atoms with Gasteiger partial charge in [0, 0.05) is 30.7 Å². The molecule has 41 heavy (non-hydrogen) atoms. The first-order chi connectivity index (χ1) is 19.9. The molecular weight excluding hydrogens is 530 g/mol. The Kier molecular flexibility index (Phi) is 9.66. The van der Waals surface area contributed by atoms with E-state index in [0.29, 0.717) is 17.1 Å². The average Bonchev–Trinajstić information content (AvgIpc) is 3.42. The minimum Gasteiger partial charge on any atom is -0.354 e. The number of amides is 1. The topological polar surface area (TPSA) is 91.1 Å². The number of aromatic amines is 1. The van der Waals surface area contributed by atoms with E-state index in [-0.39, 0.29) is 16.3 Å². The van der Waals surface area contributed by atoms with E-state index >= 15 is 0 Å². The molecule has 3 aromatic rings. The van der Waals surface area contributed by atoms with Gasteiger partial charge in [-0.2, -0.15) is 0 Å². The molecule has 2 aliphatic rings. The summed E-state index contributed by atoms with van der Waals surface area (Å²) in [5.41, 5.74) is 5.12. The van der Waals surface area contributed by atoms with Crippen LogP contribution in [0.25, 0.3) is 0 Å². The molecule has 0 atom stereocenters. The summed E-state index contributed by atoms with van der Waals surface area (Å²) < 4.78 is 26.2. The molecule has 1 fully saturated rings. The van der Waals surface area contributed by atoms with Crippen LogP contribution in [-0.2, 0) is 35.8 Å². The van der Waals surface area contributed by atoms with Crippen LogP contribution < -0.4 is 10.6 Å². The lowest BCUT2D eigenvalue weighted by Crippen LogP contribution is -2.49. The van der Waals surface area contributed by atoms with Crippen molar-refractivity contribution < 1.29 is 13.2 Å². The maximum Gasteiger partial charge on any atom is 0.267 e. The number of H-pyrrole nitrogens is 1. The van der Waals surface area contributed by atoms with Crippen LogP contribution in [0.2, 0.25) is 0 Å². The third kappa shape index (κ3) is 7.31. The van der Waals surface area contributed by atoms with Gasteiger partial charge in [-0.25, -0.2) is 8.42 Å². The van der Waals surface area contributed by atoms with E-state index in [9.17, 15) is 13.2 Å². The van der Waals surface area contributed by atoms with Crippen LogP contribution in [0.1, 0.15) is 110 Å². The summed E-state index contributed by atoms with van der Waals surface area (Å²) in [4.78, 5) is 17.0. The average molecular weight is 576 g/mol. The second-order valence-electron chi connectivity index (χ2n) is 12.0. The highest BCUT2D eigenvalue weighted by Gasteiger charge is 2.34. The number of fused-ring (bicyclic) bond motifs is 1. The number of hydrogen-bond donors (Lipinski definition) is 3. The zero-order chi connectivity index (χ0) is 28.7. The molecule has 0 bridgehead atoms. The molecule has 1 saturated carbocycles. The monoisotopic (exact) mass is 575 g/mol. The van der Waals surface area contributed by atoms with Gasteiger partial charge in [0.2, 0.25) is 9.84 Å². The highest BCUT2D eigenvalue weighted by Crippen LogP contribution is 2.33. The zero-order valence-electron chi connectivity index (χ0n) is 24.4. The van der Waals surface area contributed by atoms with E-state index in [1.165, 1.54) is 69.0 Å². The van der Waals surface area contributed by atoms with Crippen molar-refractivity contribution in [2.45, 2.75) is 119 Å². The summed E-state index contributed by atoms with van der Waals surface area (Å²) in [7, 11) is -3.59. The van der Waals surface area contributed by atoms with Crippen LogP contribution in [0.5, 0.6) is 0 Å². The number of nitrogens with one attached hydrogen (secondary N) is 3. The first-order valence-electron chi connectivity index (χ1n) is 15.6. The minimum absolute atomic E-state index is 0.140. The Balaban J connectivity index is 1.18. The van der Waals surface area contributed by atoms with Crippen molar-refractivity contribution in [3.8, 4) is 0 Å². The molecule has 0 unspecified atom stereocenters. The number of sulfone groups is 1. The molecule has 0 saturated heterocycles. The highest BCUT2D eigenvalue weighted by atomic mass is 32.2. The fraction of sp³-hybridized carbons (Fsp3) is 0.500. The molecular formula is C34H45N3O3S. The molecule has 7 heteroatoms. The van der Waals surface area contributed by atoms with Crippen molar-refractivity contribution in [1.29, 1.82) is 0 Å². The van der Waals surface area contributed by atoms with Crippen LogP contribution in [0.3, 0.4) is 0 Å². The lowest BCUT2D eigenvalue weighted by atomic mass is 9.79. The van der Waals surface area contributed by atoms with Gasteiger partial charge in [0.05, 0.1) is 9.79 Å². The predicted octanol–water partition coefficient (Wildman–Crippen LogP) is 7.03. The van der Waals surface area contributed by atoms with E-state index in [1.807, 2.05) is 18.2 Å². The lowest BCUT2D eigenvalue weighted by molar-refractivity contribution is 0.0946. The van der Waals surface area contributed by atoms with Gasteiger partial charge < -0.3 is 15.6 Å². The molecule has 1 aliphatic carbocycles. The van der Waals surface area contributed by atoms with Crippen molar-refractivity contribution in [3.05, 3.63) is 82.7 Å². The van der Waals surface area contributed by atoms with Gasteiger partial charge in [-0.1, -0.05) is 82.6 Å². The van der Waals surface area contributed by atoms with Crippen molar-refractivity contribution >= 4 is 15.7 Å². The van der Waals surface area contributed by atoms with Gasteiger partial charge in [-0.3, -0.25) is 4.79 Å². The number of aryl methyl sites for hydroxylation is 1. The van der Waals surface area contributed by atoms with Gasteiger partial charge in [-0.15, -0.1) is 0 Å². The molecule has 1 amide bonds. The fourth-order valence-electron chi connectivity index (χ4n) is 6.37. The van der Waals surface area contributed by atoms with Gasteiger partial charge in [0.1, 0.15) is 5.69 Å². The number of rotatable bonds is 8. The zero-order valence-corrected chi connectivity index (χ0v) is 25.3. The Morgan fingerprint density at radius 2 is 1.44 bits per heavy atom.